The van der Waals surface area contributed by atoms with Crippen molar-refractivity contribution in [3.8, 4) is 11.5 Å². The molecule has 20 heavy (non-hydrogen) atoms. The van der Waals surface area contributed by atoms with E-state index in [-0.39, 0.29) is 5.78 Å². The number of allylic oxidation sites excluding steroid dienone is 1. The van der Waals surface area contributed by atoms with Crippen molar-refractivity contribution < 1.29 is 14.3 Å². The van der Waals surface area contributed by atoms with E-state index in [2.05, 4.69) is 0 Å². The van der Waals surface area contributed by atoms with Crippen molar-refractivity contribution in [3.63, 3.8) is 0 Å². The average Bonchev–Trinajstić information content (AvgIpc) is 2.84. The average molecular weight is 266 g/mol. The van der Waals surface area contributed by atoms with Crippen LogP contribution in [0.5, 0.6) is 11.5 Å². The van der Waals surface area contributed by atoms with Gasteiger partial charge in [-0.1, -0.05) is 30.3 Å². The minimum atomic E-state index is -0.0175. The number of carbonyl (C=O) groups excluding carboxylic acids is 1. The van der Waals surface area contributed by atoms with E-state index in [1.165, 1.54) is 0 Å². The SMILES string of the molecule is COc1cc(OC)c2c(c1)C(=O)C=C2c1ccccc1. The molecule has 1 aliphatic carbocycles. The first-order valence-electron chi connectivity index (χ1n) is 6.32. The van der Waals surface area contributed by atoms with Gasteiger partial charge in [-0.25, -0.2) is 0 Å². The fraction of sp³-hybridized carbons (Fsp3) is 0.118. The van der Waals surface area contributed by atoms with Crippen molar-refractivity contribution in [1.29, 1.82) is 0 Å². The van der Waals surface area contributed by atoms with Crippen LogP contribution in [0, 0.1) is 0 Å². The lowest BCUT2D eigenvalue weighted by molar-refractivity contribution is 0.104. The van der Waals surface area contributed by atoms with Gasteiger partial charge in [0.15, 0.2) is 5.78 Å². The summed E-state index contributed by atoms with van der Waals surface area (Å²) in [5.41, 5.74) is 3.36. The molecule has 3 heteroatoms. The van der Waals surface area contributed by atoms with Crippen LogP contribution in [0.3, 0.4) is 0 Å². The minimum absolute atomic E-state index is 0.0175. The lowest BCUT2D eigenvalue weighted by Gasteiger charge is -2.12. The molecule has 0 bridgehead atoms. The zero-order valence-corrected chi connectivity index (χ0v) is 11.3. The molecular weight excluding hydrogens is 252 g/mol. The number of hydrogen-bond donors (Lipinski definition) is 0. The molecule has 0 N–H and O–H groups in total. The van der Waals surface area contributed by atoms with E-state index in [0.717, 1.165) is 16.7 Å². The second-order valence-electron chi connectivity index (χ2n) is 4.54. The largest absolute Gasteiger partial charge is 0.497 e. The van der Waals surface area contributed by atoms with Gasteiger partial charge in [-0.3, -0.25) is 4.79 Å². The number of methoxy groups -OCH3 is 2. The molecule has 0 aromatic heterocycles. The number of carbonyl (C=O) groups is 1. The number of ketones is 1. The van der Waals surface area contributed by atoms with Gasteiger partial charge in [-0.05, 0) is 23.3 Å². The highest BCUT2D eigenvalue weighted by Crippen LogP contribution is 2.41. The van der Waals surface area contributed by atoms with E-state index >= 15 is 0 Å². The Hall–Kier alpha value is -2.55. The van der Waals surface area contributed by atoms with E-state index in [9.17, 15) is 4.79 Å². The molecule has 0 aliphatic heterocycles. The monoisotopic (exact) mass is 266 g/mol. The first-order valence-corrected chi connectivity index (χ1v) is 6.32. The Morgan fingerprint density at radius 3 is 2.35 bits per heavy atom. The van der Waals surface area contributed by atoms with Crippen LogP contribution >= 0.6 is 0 Å². The third-order valence-electron chi connectivity index (χ3n) is 3.43. The summed E-state index contributed by atoms with van der Waals surface area (Å²) in [6, 6.07) is 13.4. The van der Waals surface area contributed by atoms with Crippen molar-refractivity contribution in [2.75, 3.05) is 14.2 Å². The number of hydrogen-bond acceptors (Lipinski definition) is 3. The Bertz CT molecular complexity index is 700. The summed E-state index contributed by atoms with van der Waals surface area (Å²) >= 11 is 0. The van der Waals surface area contributed by atoms with Crippen LogP contribution in [0.4, 0.5) is 0 Å². The third kappa shape index (κ3) is 1.88. The molecule has 0 amide bonds. The quantitative estimate of drug-likeness (QED) is 0.854. The van der Waals surface area contributed by atoms with Gasteiger partial charge in [0.05, 0.1) is 14.2 Å². The van der Waals surface area contributed by atoms with E-state index in [0.29, 0.717) is 17.1 Å². The second kappa shape index (κ2) is 4.85. The van der Waals surface area contributed by atoms with Crippen LogP contribution in [0.2, 0.25) is 0 Å². The predicted octanol–water partition coefficient (Wildman–Crippen LogP) is 3.33. The third-order valence-corrected chi connectivity index (χ3v) is 3.43. The van der Waals surface area contributed by atoms with Gasteiger partial charge in [0.2, 0.25) is 0 Å². The molecule has 0 fully saturated rings. The Balaban J connectivity index is 2.22. The molecule has 0 atom stereocenters. The van der Waals surface area contributed by atoms with E-state index in [1.54, 1.807) is 32.4 Å². The van der Waals surface area contributed by atoms with Gasteiger partial charge in [0, 0.05) is 17.2 Å². The first kappa shape index (κ1) is 12.5. The summed E-state index contributed by atoms with van der Waals surface area (Å²) in [6.07, 6.45) is 1.65. The first-order chi connectivity index (χ1) is 9.74. The summed E-state index contributed by atoms with van der Waals surface area (Å²) in [4.78, 5) is 12.2. The number of rotatable bonds is 3. The highest BCUT2D eigenvalue weighted by atomic mass is 16.5. The predicted molar refractivity (Wildman–Crippen MR) is 77.4 cm³/mol. The Morgan fingerprint density at radius 2 is 1.70 bits per heavy atom. The van der Waals surface area contributed by atoms with Gasteiger partial charge in [-0.2, -0.15) is 0 Å². The fourth-order valence-corrected chi connectivity index (χ4v) is 2.47. The van der Waals surface area contributed by atoms with E-state index in [1.807, 2.05) is 30.3 Å². The van der Waals surface area contributed by atoms with Gasteiger partial charge in [-0.15, -0.1) is 0 Å². The molecule has 0 unspecified atom stereocenters. The Morgan fingerprint density at radius 1 is 0.950 bits per heavy atom. The van der Waals surface area contributed by atoms with Gasteiger partial charge in [0.1, 0.15) is 11.5 Å². The lowest BCUT2D eigenvalue weighted by Crippen LogP contribution is -1.98. The van der Waals surface area contributed by atoms with Crippen LogP contribution in [-0.4, -0.2) is 20.0 Å². The normalized spacial score (nSPS) is 12.9. The minimum Gasteiger partial charge on any atom is -0.497 e. The zero-order chi connectivity index (χ0) is 14.1. The molecule has 0 saturated heterocycles. The maximum atomic E-state index is 12.2. The molecule has 0 saturated carbocycles. The number of ether oxygens (including phenoxy) is 2. The van der Waals surface area contributed by atoms with Crippen molar-refractivity contribution >= 4 is 11.4 Å². The molecule has 3 nitrogen and oxygen atoms in total. The highest BCUT2D eigenvalue weighted by molar-refractivity contribution is 6.20. The fourth-order valence-electron chi connectivity index (χ4n) is 2.47. The standard InChI is InChI=1S/C17H14O3/c1-19-12-8-14-15(18)10-13(11-6-4-3-5-7-11)17(14)16(9-12)20-2/h3-10H,1-2H3. The second-order valence-corrected chi connectivity index (χ2v) is 4.54. The van der Waals surface area contributed by atoms with Gasteiger partial charge < -0.3 is 9.47 Å². The van der Waals surface area contributed by atoms with Crippen LogP contribution in [0.25, 0.3) is 5.57 Å². The van der Waals surface area contributed by atoms with Gasteiger partial charge in [0.25, 0.3) is 0 Å². The molecule has 2 aromatic carbocycles. The molecule has 0 heterocycles. The summed E-state index contributed by atoms with van der Waals surface area (Å²) in [6.45, 7) is 0. The van der Waals surface area contributed by atoms with Crippen molar-refractivity contribution in [3.05, 3.63) is 65.2 Å². The molecular formula is C17H14O3. The number of benzene rings is 2. The smallest absolute Gasteiger partial charge is 0.187 e. The van der Waals surface area contributed by atoms with Crippen molar-refractivity contribution in [2.24, 2.45) is 0 Å². The van der Waals surface area contributed by atoms with E-state index in [4.69, 9.17) is 9.47 Å². The Labute approximate surface area is 117 Å². The molecule has 0 radical (unpaired) electrons. The summed E-state index contributed by atoms with van der Waals surface area (Å²) in [5, 5.41) is 0. The van der Waals surface area contributed by atoms with Crippen LogP contribution in [0.15, 0.2) is 48.5 Å². The zero-order valence-electron chi connectivity index (χ0n) is 11.3. The number of fused-ring (bicyclic) bond motifs is 1. The maximum absolute atomic E-state index is 12.2. The van der Waals surface area contributed by atoms with Crippen LogP contribution in [0.1, 0.15) is 21.5 Å². The van der Waals surface area contributed by atoms with Gasteiger partial charge >= 0.3 is 0 Å². The lowest BCUT2D eigenvalue weighted by atomic mass is 9.98. The molecule has 1 aliphatic rings. The molecule has 100 valence electrons. The summed E-state index contributed by atoms with van der Waals surface area (Å²) in [5.74, 6) is 1.26. The summed E-state index contributed by atoms with van der Waals surface area (Å²) < 4.78 is 10.6. The van der Waals surface area contributed by atoms with Crippen molar-refractivity contribution in [2.45, 2.75) is 0 Å². The molecule has 2 aromatic rings. The topological polar surface area (TPSA) is 35.5 Å². The van der Waals surface area contributed by atoms with Crippen molar-refractivity contribution in [1.82, 2.24) is 0 Å². The Kier molecular flexibility index (Phi) is 3.03. The van der Waals surface area contributed by atoms with Crippen LogP contribution < -0.4 is 9.47 Å². The molecule has 0 spiro atoms. The summed E-state index contributed by atoms with van der Waals surface area (Å²) in [7, 11) is 3.17. The maximum Gasteiger partial charge on any atom is 0.187 e. The highest BCUT2D eigenvalue weighted by Gasteiger charge is 2.27. The van der Waals surface area contributed by atoms with Crippen LogP contribution in [-0.2, 0) is 0 Å². The van der Waals surface area contributed by atoms with E-state index < -0.39 is 0 Å². The molecule has 3 rings (SSSR count).